The molecule has 6 nitrogen and oxygen atoms in total. The SMILES string of the molecule is CC(O)c1cnn(CCN2CCOCC2)c(=O)c1-c1ccccc1. The van der Waals surface area contributed by atoms with Gasteiger partial charge in [0.15, 0.2) is 0 Å². The van der Waals surface area contributed by atoms with Crippen molar-refractivity contribution < 1.29 is 9.84 Å². The lowest BCUT2D eigenvalue weighted by Gasteiger charge is -2.26. The molecule has 1 aliphatic rings. The zero-order valence-corrected chi connectivity index (χ0v) is 13.9. The largest absolute Gasteiger partial charge is 0.389 e. The Morgan fingerprint density at radius 3 is 2.58 bits per heavy atom. The zero-order chi connectivity index (χ0) is 16.9. The van der Waals surface area contributed by atoms with E-state index in [2.05, 4.69) is 10.00 Å². The van der Waals surface area contributed by atoms with Gasteiger partial charge in [-0.05, 0) is 12.5 Å². The molecule has 0 spiro atoms. The summed E-state index contributed by atoms with van der Waals surface area (Å²) in [6.07, 6.45) is 0.863. The Bertz CT molecular complexity index is 722. The van der Waals surface area contributed by atoms with Crippen molar-refractivity contribution in [3.8, 4) is 11.1 Å². The summed E-state index contributed by atoms with van der Waals surface area (Å²) in [5.74, 6) is 0. The van der Waals surface area contributed by atoms with Crippen LogP contribution in [0.15, 0.2) is 41.3 Å². The molecule has 1 saturated heterocycles. The average molecular weight is 329 g/mol. The van der Waals surface area contributed by atoms with Crippen LogP contribution in [0.4, 0.5) is 0 Å². The lowest BCUT2D eigenvalue weighted by Crippen LogP contribution is -2.40. The van der Waals surface area contributed by atoms with Crippen LogP contribution in [0.1, 0.15) is 18.6 Å². The highest BCUT2D eigenvalue weighted by molar-refractivity contribution is 5.66. The van der Waals surface area contributed by atoms with Gasteiger partial charge in [0, 0.05) is 25.2 Å². The van der Waals surface area contributed by atoms with E-state index in [1.54, 1.807) is 13.1 Å². The molecule has 2 aromatic rings. The Balaban J connectivity index is 1.90. The number of hydrogen-bond donors (Lipinski definition) is 1. The van der Waals surface area contributed by atoms with Crippen LogP contribution in [0, 0.1) is 0 Å². The van der Waals surface area contributed by atoms with Crippen molar-refractivity contribution in [2.75, 3.05) is 32.8 Å². The van der Waals surface area contributed by atoms with Gasteiger partial charge in [-0.3, -0.25) is 9.69 Å². The monoisotopic (exact) mass is 329 g/mol. The smallest absolute Gasteiger partial charge is 0.275 e. The average Bonchev–Trinajstić information content (AvgIpc) is 2.62. The van der Waals surface area contributed by atoms with E-state index < -0.39 is 6.10 Å². The molecule has 1 unspecified atom stereocenters. The second-order valence-corrected chi connectivity index (χ2v) is 6.00. The number of ether oxygens (including phenoxy) is 1. The van der Waals surface area contributed by atoms with Gasteiger partial charge in [0.1, 0.15) is 0 Å². The topological polar surface area (TPSA) is 67.6 Å². The van der Waals surface area contributed by atoms with Gasteiger partial charge >= 0.3 is 0 Å². The van der Waals surface area contributed by atoms with E-state index in [0.717, 1.165) is 38.4 Å². The standard InChI is InChI=1S/C18H23N3O3/c1-14(22)16-13-19-21(8-7-20-9-11-24-12-10-20)18(23)17(16)15-5-3-2-4-6-15/h2-6,13-14,22H,7-12H2,1H3. The first-order valence-corrected chi connectivity index (χ1v) is 8.30. The number of rotatable bonds is 5. The van der Waals surface area contributed by atoms with Gasteiger partial charge in [0.25, 0.3) is 5.56 Å². The third kappa shape index (κ3) is 3.72. The normalized spacial score (nSPS) is 16.9. The van der Waals surface area contributed by atoms with Crippen molar-refractivity contribution in [1.82, 2.24) is 14.7 Å². The second-order valence-electron chi connectivity index (χ2n) is 6.00. The molecule has 0 amide bonds. The molecular formula is C18H23N3O3. The fourth-order valence-electron chi connectivity index (χ4n) is 2.93. The first kappa shape index (κ1) is 16.8. The summed E-state index contributed by atoms with van der Waals surface area (Å²) < 4.78 is 6.83. The second kappa shape index (κ2) is 7.70. The van der Waals surface area contributed by atoms with Crippen LogP contribution < -0.4 is 5.56 Å². The van der Waals surface area contributed by atoms with E-state index in [1.165, 1.54) is 4.68 Å². The van der Waals surface area contributed by atoms with Crippen molar-refractivity contribution in [2.24, 2.45) is 0 Å². The fraction of sp³-hybridized carbons (Fsp3) is 0.444. The quantitative estimate of drug-likeness (QED) is 0.895. The molecule has 0 radical (unpaired) electrons. The predicted octanol–water partition coefficient (Wildman–Crippen LogP) is 1.30. The van der Waals surface area contributed by atoms with Gasteiger partial charge in [-0.1, -0.05) is 30.3 Å². The van der Waals surface area contributed by atoms with Gasteiger partial charge in [-0.25, -0.2) is 4.68 Å². The summed E-state index contributed by atoms with van der Waals surface area (Å²) in [5, 5.41) is 14.3. The van der Waals surface area contributed by atoms with Gasteiger partial charge in [-0.2, -0.15) is 5.10 Å². The first-order valence-electron chi connectivity index (χ1n) is 8.30. The van der Waals surface area contributed by atoms with Crippen LogP contribution in [0.25, 0.3) is 11.1 Å². The highest BCUT2D eigenvalue weighted by atomic mass is 16.5. The maximum absolute atomic E-state index is 12.9. The molecule has 3 rings (SSSR count). The summed E-state index contributed by atoms with van der Waals surface area (Å²) in [4.78, 5) is 15.2. The first-order chi connectivity index (χ1) is 11.7. The minimum atomic E-state index is -0.741. The van der Waals surface area contributed by atoms with Crippen LogP contribution in [0.5, 0.6) is 0 Å². The minimum Gasteiger partial charge on any atom is -0.389 e. The van der Waals surface area contributed by atoms with E-state index in [-0.39, 0.29) is 5.56 Å². The number of benzene rings is 1. The number of hydrogen-bond acceptors (Lipinski definition) is 5. The van der Waals surface area contributed by atoms with Crippen LogP contribution in [-0.4, -0.2) is 52.6 Å². The summed E-state index contributed by atoms with van der Waals surface area (Å²) in [6, 6.07) is 9.45. The van der Waals surface area contributed by atoms with E-state index >= 15 is 0 Å². The van der Waals surface area contributed by atoms with Crippen LogP contribution in [-0.2, 0) is 11.3 Å². The summed E-state index contributed by atoms with van der Waals surface area (Å²) >= 11 is 0. The van der Waals surface area contributed by atoms with Gasteiger partial charge in [0.2, 0.25) is 0 Å². The molecule has 0 bridgehead atoms. The molecular weight excluding hydrogens is 306 g/mol. The third-order valence-corrected chi connectivity index (χ3v) is 4.32. The minimum absolute atomic E-state index is 0.159. The molecule has 0 aliphatic carbocycles. The molecule has 1 aromatic carbocycles. The summed E-state index contributed by atoms with van der Waals surface area (Å²) in [7, 11) is 0. The Morgan fingerprint density at radius 1 is 1.21 bits per heavy atom. The molecule has 1 aromatic heterocycles. The van der Waals surface area contributed by atoms with Gasteiger partial charge in [0.05, 0.1) is 37.6 Å². The lowest BCUT2D eigenvalue weighted by atomic mass is 10.00. The molecule has 1 aliphatic heterocycles. The lowest BCUT2D eigenvalue weighted by molar-refractivity contribution is 0.0358. The highest BCUT2D eigenvalue weighted by Crippen LogP contribution is 2.23. The molecule has 1 N–H and O–H groups in total. The van der Waals surface area contributed by atoms with E-state index in [9.17, 15) is 9.90 Å². The van der Waals surface area contributed by atoms with Crippen LogP contribution >= 0.6 is 0 Å². The van der Waals surface area contributed by atoms with Crippen LogP contribution in [0.2, 0.25) is 0 Å². The maximum atomic E-state index is 12.9. The van der Waals surface area contributed by atoms with Crippen molar-refractivity contribution in [1.29, 1.82) is 0 Å². The third-order valence-electron chi connectivity index (χ3n) is 4.32. The van der Waals surface area contributed by atoms with Crippen LogP contribution in [0.3, 0.4) is 0 Å². The van der Waals surface area contributed by atoms with Gasteiger partial charge in [-0.15, -0.1) is 0 Å². The Hall–Kier alpha value is -2.02. The number of aromatic nitrogens is 2. The molecule has 6 heteroatoms. The van der Waals surface area contributed by atoms with E-state index in [4.69, 9.17) is 4.74 Å². The Labute approximate surface area is 141 Å². The predicted molar refractivity (Wildman–Crippen MR) is 91.8 cm³/mol. The fourth-order valence-corrected chi connectivity index (χ4v) is 2.93. The Morgan fingerprint density at radius 2 is 1.92 bits per heavy atom. The molecule has 1 atom stereocenters. The van der Waals surface area contributed by atoms with Crippen molar-refractivity contribution >= 4 is 0 Å². The van der Waals surface area contributed by atoms with E-state index in [1.807, 2.05) is 30.3 Å². The highest BCUT2D eigenvalue weighted by Gasteiger charge is 2.17. The van der Waals surface area contributed by atoms with Crippen molar-refractivity contribution in [2.45, 2.75) is 19.6 Å². The van der Waals surface area contributed by atoms with Crippen molar-refractivity contribution in [3.63, 3.8) is 0 Å². The molecule has 128 valence electrons. The van der Waals surface area contributed by atoms with Gasteiger partial charge < -0.3 is 9.84 Å². The number of aliphatic hydroxyl groups excluding tert-OH is 1. The number of morpholine rings is 1. The molecule has 1 fully saturated rings. The molecule has 2 heterocycles. The summed E-state index contributed by atoms with van der Waals surface area (Å²) in [6.45, 7) is 6.17. The maximum Gasteiger partial charge on any atom is 0.275 e. The number of aliphatic hydroxyl groups is 1. The zero-order valence-electron chi connectivity index (χ0n) is 13.9. The molecule has 24 heavy (non-hydrogen) atoms. The van der Waals surface area contributed by atoms with E-state index in [0.29, 0.717) is 17.7 Å². The Kier molecular flexibility index (Phi) is 5.40. The summed E-state index contributed by atoms with van der Waals surface area (Å²) in [5.41, 5.74) is 1.74. The number of nitrogens with zero attached hydrogens (tertiary/aromatic N) is 3. The molecule has 0 saturated carbocycles. The van der Waals surface area contributed by atoms with Crippen molar-refractivity contribution in [3.05, 3.63) is 52.4 Å².